The first-order valence-electron chi connectivity index (χ1n) is 5.99. The van der Waals surface area contributed by atoms with Gasteiger partial charge in [0.05, 0.1) is 19.3 Å². The summed E-state index contributed by atoms with van der Waals surface area (Å²) >= 11 is 0. The molecule has 5 heteroatoms. The molecule has 16 heavy (non-hydrogen) atoms. The zero-order valence-corrected chi connectivity index (χ0v) is 10.6. The fraction of sp³-hybridized carbons (Fsp3) is 1.00. The lowest BCUT2D eigenvalue weighted by Crippen LogP contribution is -2.51. The molecule has 1 heterocycles. The normalized spacial score (nSPS) is 41.2. The van der Waals surface area contributed by atoms with Gasteiger partial charge in [0, 0.05) is 24.9 Å². The van der Waals surface area contributed by atoms with Crippen LogP contribution < -0.4 is 0 Å². The molecule has 0 amide bonds. The number of rotatable bonds is 5. The average Bonchev–Trinajstić information content (AvgIpc) is 2.51. The molecule has 0 aliphatic carbocycles. The van der Waals surface area contributed by atoms with E-state index in [1.54, 1.807) is 7.11 Å². The quantitative estimate of drug-likeness (QED) is 0.618. The van der Waals surface area contributed by atoms with Crippen LogP contribution in [0.15, 0.2) is 0 Å². The second kappa shape index (κ2) is 5.49. The summed E-state index contributed by atoms with van der Waals surface area (Å²) in [6.45, 7) is 4.27. The van der Waals surface area contributed by atoms with E-state index in [4.69, 9.17) is 9.47 Å². The SMILES string of the molecule is B[C@@H]1O[C@@](CO)(C(C)COC)[C@@H](O)[C@H]1CC. The van der Waals surface area contributed by atoms with Crippen LogP contribution in [0, 0.1) is 11.8 Å². The summed E-state index contributed by atoms with van der Waals surface area (Å²) in [7, 11) is 3.57. The fourth-order valence-electron chi connectivity index (χ4n) is 2.76. The Labute approximate surface area is 98.4 Å². The van der Waals surface area contributed by atoms with Crippen molar-refractivity contribution in [2.45, 2.75) is 38.0 Å². The van der Waals surface area contributed by atoms with Crippen LogP contribution in [0.2, 0.25) is 0 Å². The Morgan fingerprint density at radius 1 is 1.56 bits per heavy atom. The monoisotopic (exact) mass is 230 g/mol. The van der Waals surface area contributed by atoms with Crippen molar-refractivity contribution in [3.05, 3.63) is 0 Å². The molecule has 0 aromatic carbocycles. The van der Waals surface area contributed by atoms with Crippen molar-refractivity contribution in [2.24, 2.45) is 11.8 Å². The van der Waals surface area contributed by atoms with Crippen LogP contribution in [-0.2, 0) is 9.47 Å². The maximum atomic E-state index is 10.3. The van der Waals surface area contributed by atoms with E-state index >= 15 is 0 Å². The van der Waals surface area contributed by atoms with E-state index in [0.29, 0.717) is 6.61 Å². The summed E-state index contributed by atoms with van der Waals surface area (Å²) in [5.74, 6) is 0.0583. The molecule has 0 saturated carbocycles. The summed E-state index contributed by atoms with van der Waals surface area (Å²) in [4.78, 5) is 0. The highest BCUT2D eigenvalue weighted by atomic mass is 16.5. The number of hydrogen-bond acceptors (Lipinski definition) is 4. The van der Waals surface area contributed by atoms with Gasteiger partial charge in [-0.05, 0) is 6.42 Å². The van der Waals surface area contributed by atoms with Crippen LogP contribution >= 0.6 is 0 Å². The summed E-state index contributed by atoms with van der Waals surface area (Å²) in [5, 5.41) is 19.9. The molecule has 1 aliphatic rings. The van der Waals surface area contributed by atoms with Gasteiger partial charge >= 0.3 is 0 Å². The summed E-state index contributed by atoms with van der Waals surface area (Å²) in [6.07, 6.45) is 0.228. The number of aliphatic hydroxyl groups excluding tert-OH is 2. The van der Waals surface area contributed by atoms with Crippen molar-refractivity contribution >= 4 is 7.85 Å². The Balaban J connectivity index is 2.88. The summed E-state index contributed by atoms with van der Waals surface area (Å²) in [5.41, 5.74) is -0.865. The molecular weight excluding hydrogens is 207 g/mol. The molecule has 5 atom stereocenters. The van der Waals surface area contributed by atoms with Crippen molar-refractivity contribution < 1.29 is 19.7 Å². The minimum atomic E-state index is -0.865. The smallest absolute Gasteiger partial charge is 0.139 e. The van der Waals surface area contributed by atoms with Gasteiger partial charge < -0.3 is 19.7 Å². The molecule has 4 nitrogen and oxygen atoms in total. The lowest BCUT2D eigenvalue weighted by atomic mass is 9.77. The van der Waals surface area contributed by atoms with Crippen LogP contribution in [0.1, 0.15) is 20.3 Å². The van der Waals surface area contributed by atoms with Gasteiger partial charge in [0.25, 0.3) is 0 Å². The van der Waals surface area contributed by atoms with E-state index in [9.17, 15) is 10.2 Å². The molecule has 1 rings (SSSR count). The van der Waals surface area contributed by atoms with Gasteiger partial charge in [-0.25, -0.2) is 0 Å². The number of methoxy groups -OCH3 is 1. The van der Waals surface area contributed by atoms with Crippen LogP contribution in [-0.4, -0.2) is 56.1 Å². The third-order valence-electron chi connectivity index (χ3n) is 3.88. The van der Waals surface area contributed by atoms with Gasteiger partial charge in [-0.3, -0.25) is 0 Å². The van der Waals surface area contributed by atoms with Gasteiger partial charge in [0.15, 0.2) is 0 Å². The van der Waals surface area contributed by atoms with Crippen LogP contribution in [0.25, 0.3) is 0 Å². The minimum absolute atomic E-state index is 0.0218. The highest BCUT2D eigenvalue weighted by molar-refractivity contribution is 6.11. The topological polar surface area (TPSA) is 58.9 Å². The van der Waals surface area contributed by atoms with Crippen molar-refractivity contribution in [2.75, 3.05) is 20.3 Å². The summed E-state index contributed by atoms with van der Waals surface area (Å²) in [6, 6.07) is -0.0218. The maximum Gasteiger partial charge on any atom is 0.139 e. The molecule has 1 unspecified atom stereocenters. The van der Waals surface area contributed by atoms with Gasteiger partial charge in [0.1, 0.15) is 13.4 Å². The average molecular weight is 230 g/mol. The lowest BCUT2D eigenvalue weighted by molar-refractivity contribution is -0.141. The van der Waals surface area contributed by atoms with E-state index in [2.05, 4.69) is 0 Å². The van der Waals surface area contributed by atoms with Crippen molar-refractivity contribution in [3.8, 4) is 0 Å². The van der Waals surface area contributed by atoms with E-state index in [-0.39, 0.29) is 24.4 Å². The Hall–Kier alpha value is -0.0951. The Morgan fingerprint density at radius 2 is 2.19 bits per heavy atom. The largest absolute Gasteiger partial charge is 0.393 e. The first kappa shape index (κ1) is 14.0. The van der Waals surface area contributed by atoms with Gasteiger partial charge in [-0.2, -0.15) is 0 Å². The molecule has 0 aromatic heterocycles. The van der Waals surface area contributed by atoms with Gasteiger partial charge in [-0.15, -0.1) is 0 Å². The Bertz CT molecular complexity index is 226. The molecule has 94 valence electrons. The predicted octanol–water partition coefficient (Wildman–Crippen LogP) is -0.624. The highest BCUT2D eigenvalue weighted by Gasteiger charge is 2.54. The van der Waals surface area contributed by atoms with Crippen molar-refractivity contribution in [3.63, 3.8) is 0 Å². The third-order valence-corrected chi connectivity index (χ3v) is 3.88. The highest BCUT2D eigenvalue weighted by Crippen LogP contribution is 2.40. The van der Waals surface area contributed by atoms with Crippen molar-refractivity contribution in [1.82, 2.24) is 0 Å². The van der Waals surface area contributed by atoms with E-state index in [1.807, 2.05) is 21.7 Å². The molecule has 1 aliphatic heterocycles. The second-order valence-electron chi connectivity index (χ2n) is 4.81. The zero-order valence-electron chi connectivity index (χ0n) is 10.6. The zero-order chi connectivity index (χ0) is 12.3. The summed E-state index contributed by atoms with van der Waals surface area (Å²) < 4.78 is 10.9. The maximum absolute atomic E-state index is 10.3. The molecule has 1 saturated heterocycles. The first-order valence-corrected chi connectivity index (χ1v) is 5.99. The van der Waals surface area contributed by atoms with E-state index in [0.717, 1.165) is 6.42 Å². The molecule has 0 spiro atoms. The van der Waals surface area contributed by atoms with Crippen LogP contribution in [0.5, 0.6) is 0 Å². The van der Waals surface area contributed by atoms with Crippen molar-refractivity contribution in [1.29, 1.82) is 0 Å². The Kier molecular flexibility index (Phi) is 4.80. The van der Waals surface area contributed by atoms with E-state index < -0.39 is 11.7 Å². The predicted molar refractivity (Wildman–Crippen MR) is 64.1 cm³/mol. The number of ether oxygens (including phenoxy) is 2. The van der Waals surface area contributed by atoms with Gasteiger partial charge in [-0.1, -0.05) is 13.8 Å². The van der Waals surface area contributed by atoms with Crippen LogP contribution in [0.4, 0.5) is 0 Å². The Morgan fingerprint density at radius 3 is 2.56 bits per heavy atom. The van der Waals surface area contributed by atoms with Crippen LogP contribution in [0.3, 0.4) is 0 Å². The standard InChI is InChI=1S/C11H23BO4/c1-4-8-9(14)11(6-13,16-10(8)12)7(2)5-15-3/h7-10,13-14H,4-6,12H2,1-3H3/t7?,8-,9+,10-,11+/m1/s1. The fourth-order valence-corrected chi connectivity index (χ4v) is 2.76. The molecule has 0 bridgehead atoms. The third kappa shape index (κ3) is 2.14. The number of aliphatic hydroxyl groups is 2. The van der Waals surface area contributed by atoms with E-state index in [1.165, 1.54) is 0 Å². The molecule has 2 N–H and O–H groups in total. The lowest BCUT2D eigenvalue weighted by Gasteiger charge is -2.36. The first-order chi connectivity index (χ1) is 7.53. The molecule has 0 aromatic rings. The second-order valence-corrected chi connectivity index (χ2v) is 4.81. The minimum Gasteiger partial charge on any atom is -0.393 e. The molecular formula is C11H23BO4. The van der Waals surface area contributed by atoms with Gasteiger partial charge in [0.2, 0.25) is 0 Å². The number of hydrogen-bond donors (Lipinski definition) is 2. The molecule has 1 fully saturated rings. The molecule has 0 radical (unpaired) electrons.